The van der Waals surface area contributed by atoms with Gasteiger partial charge in [0, 0.05) is 56.1 Å². The Labute approximate surface area is 173 Å². The Kier molecular flexibility index (Phi) is 5.62. The smallest absolute Gasteiger partial charge is 0.179 e. The van der Waals surface area contributed by atoms with E-state index >= 15 is 0 Å². The molecule has 0 atom stereocenters. The van der Waals surface area contributed by atoms with Crippen LogP contribution in [0.1, 0.15) is 5.69 Å². The minimum Gasteiger partial charge on any atom is -0.353 e. The van der Waals surface area contributed by atoms with Crippen LogP contribution in [-0.2, 0) is 16.4 Å². The highest BCUT2D eigenvalue weighted by atomic mass is 32.2. The van der Waals surface area contributed by atoms with Crippen molar-refractivity contribution in [2.45, 2.75) is 11.4 Å². The van der Waals surface area contributed by atoms with Crippen molar-refractivity contribution in [3.05, 3.63) is 59.5 Å². The van der Waals surface area contributed by atoms with Crippen LogP contribution in [0, 0.1) is 5.82 Å². The normalized spacial score (nSPS) is 15.6. The highest BCUT2D eigenvalue weighted by molar-refractivity contribution is 7.90. The highest BCUT2D eigenvalue weighted by Gasteiger charge is 2.24. The molecule has 0 aliphatic carbocycles. The second kappa shape index (κ2) is 8.17. The van der Waals surface area contributed by atoms with E-state index in [1.165, 1.54) is 18.4 Å². The summed E-state index contributed by atoms with van der Waals surface area (Å²) in [5.41, 5.74) is 1.90. The summed E-state index contributed by atoms with van der Waals surface area (Å²) in [4.78, 5) is 13.6. The van der Waals surface area contributed by atoms with Crippen LogP contribution in [0.3, 0.4) is 0 Å². The molecule has 0 amide bonds. The van der Waals surface area contributed by atoms with Crippen LogP contribution < -0.4 is 4.90 Å². The van der Waals surface area contributed by atoms with Gasteiger partial charge in [0.15, 0.2) is 9.84 Å². The Morgan fingerprint density at radius 3 is 2.52 bits per heavy atom. The van der Waals surface area contributed by atoms with E-state index in [4.69, 9.17) is 0 Å². The van der Waals surface area contributed by atoms with E-state index in [0.717, 1.165) is 35.9 Å². The van der Waals surface area contributed by atoms with E-state index in [1.807, 2.05) is 10.3 Å². The molecule has 0 spiro atoms. The predicted octanol–water partition coefficient (Wildman–Crippen LogP) is 3.07. The summed E-state index contributed by atoms with van der Waals surface area (Å²) in [5.74, 6) is 0.275. The molecule has 2 aromatic heterocycles. The van der Waals surface area contributed by atoms with Gasteiger partial charge < -0.3 is 4.90 Å². The van der Waals surface area contributed by atoms with Crippen LogP contribution >= 0.6 is 11.3 Å². The molecule has 3 aromatic rings. The molecule has 1 saturated heterocycles. The Hall–Kier alpha value is -2.36. The van der Waals surface area contributed by atoms with Crippen molar-refractivity contribution in [2.75, 3.05) is 37.3 Å². The second-order valence-electron chi connectivity index (χ2n) is 7.01. The average Bonchev–Trinajstić information content (AvgIpc) is 3.17. The first-order valence-electron chi connectivity index (χ1n) is 9.23. The third-order valence-electron chi connectivity index (χ3n) is 4.85. The number of hydrogen-bond donors (Lipinski definition) is 0. The van der Waals surface area contributed by atoms with Gasteiger partial charge in [-0.15, -0.1) is 11.3 Å². The van der Waals surface area contributed by atoms with Crippen molar-refractivity contribution >= 4 is 27.0 Å². The number of piperazine rings is 1. The fourth-order valence-electron chi connectivity index (χ4n) is 3.36. The number of nitrogens with zero attached hydrogens (tertiary/aromatic N) is 4. The average molecular weight is 433 g/mol. The number of thiazole rings is 1. The molecule has 0 radical (unpaired) electrons. The fraction of sp³-hybridized carbons (Fsp3) is 0.300. The topological polar surface area (TPSA) is 66.4 Å². The first-order valence-corrected chi connectivity index (χ1v) is 12.0. The SMILES string of the molecule is CS(=O)(=O)c1cccnc1N1CCN(Cc2csc(-c3ccc(F)cc3)n2)CC1. The van der Waals surface area contributed by atoms with Gasteiger partial charge in [0.25, 0.3) is 0 Å². The maximum absolute atomic E-state index is 13.1. The van der Waals surface area contributed by atoms with Crippen molar-refractivity contribution in [3.63, 3.8) is 0 Å². The van der Waals surface area contributed by atoms with Crippen molar-refractivity contribution < 1.29 is 12.8 Å². The van der Waals surface area contributed by atoms with Gasteiger partial charge in [-0.05, 0) is 36.4 Å². The molecule has 0 unspecified atom stereocenters. The lowest BCUT2D eigenvalue weighted by molar-refractivity contribution is 0.246. The van der Waals surface area contributed by atoms with E-state index in [1.54, 1.807) is 41.8 Å². The molecular formula is C20H21FN4O2S2. The standard InChI is InChI=1S/C20H21FN4O2S2/c1-29(26,27)18-3-2-8-22-19(18)25-11-9-24(10-12-25)13-17-14-28-20(23-17)15-4-6-16(21)7-5-15/h2-8,14H,9-13H2,1H3. The number of pyridine rings is 1. The number of hydrogen-bond acceptors (Lipinski definition) is 7. The monoisotopic (exact) mass is 432 g/mol. The molecule has 1 aliphatic heterocycles. The fourth-order valence-corrected chi connectivity index (χ4v) is 5.02. The molecule has 29 heavy (non-hydrogen) atoms. The van der Waals surface area contributed by atoms with Crippen LogP contribution in [0.15, 0.2) is 52.9 Å². The maximum atomic E-state index is 13.1. The summed E-state index contributed by atoms with van der Waals surface area (Å²) < 4.78 is 37.2. The molecule has 0 N–H and O–H groups in total. The van der Waals surface area contributed by atoms with Gasteiger partial charge in [-0.1, -0.05) is 0 Å². The minimum absolute atomic E-state index is 0.254. The number of aromatic nitrogens is 2. The third-order valence-corrected chi connectivity index (χ3v) is 6.91. The molecule has 9 heteroatoms. The van der Waals surface area contributed by atoms with Crippen LogP contribution in [0.25, 0.3) is 10.6 Å². The van der Waals surface area contributed by atoms with Crippen molar-refractivity contribution in [3.8, 4) is 10.6 Å². The van der Waals surface area contributed by atoms with E-state index in [-0.39, 0.29) is 10.7 Å². The molecule has 0 bridgehead atoms. The predicted molar refractivity (Wildman–Crippen MR) is 112 cm³/mol. The van der Waals surface area contributed by atoms with Gasteiger partial charge in [0.05, 0.1) is 5.69 Å². The van der Waals surface area contributed by atoms with Gasteiger partial charge in [0.2, 0.25) is 0 Å². The van der Waals surface area contributed by atoms with Crippen LogP contribution in [0.5, 0.6) is 0 Å². The number of benzene rings is 1. The molecule has 1 aliphatic rings. The van der Waals surface area contributed by atoms with Gasteiger partial charge in [0.1, 0.15) is 21.5 Å². The zero-order valence-electron chi connectivity index (χ0n) is 16.0. The summed E-state index contributed by atoms with van der Waals surface area (Å²) in [6, 6.07) is 9.62. The lowest BCUT2D eigenvalue weighted by atomic mass is 10.2. The van der Waals surface area contributed by atoms with Crippen molar-refractivity contribution in [1.82, 2.24) is 14.9 Å². The Bertz CT molecular complexity index is 1090. The first-order chi connectivity index (χ1) is 13.9. The van der Waals surface area contributed by atoms with E-state index in [2.05, 4.69) is 14.9 Å². The second-order valence-corrected chi connectivity index (χ2v) is 9.85. The molecule has 0 saturated carbocycles. The minimum atomic E-state index is -3.32. The number of rotatable bonds is 5. The summed E-state index contributed by atoms with van der Waals surface area (Å²) in [7, 11) is -3.32. The van der Waals surface area contributed by atoms with Crippen molar-refractivity contribution in [2.24, 2.45) is 0 Å². The third kappa shape index (κ3) is 4.63. The van der Waals surface area contributed by atoms with E-state index in [0.29, 0.717) is 18.9 Å². The van der Waals surface area contributed by atoms with E-state index < -0.39 is 9.84 Å². The lowest BCUT2D eigenvalue weighted by Gasteiger charge is -2.35. The van der Waals surface area contributed by atoms with Crippen molar-refractivity contribution in [1.29, 1.82) is 0 Å². The summed E-state index contributed by atoms with van der Waals surface area (Å²) in [6.07, 6.45) is 2.84. The zero-order chi connectivity index (χ0) is 20.4. The van der Waals surface area contributed by atoms with Crippen LogP contribution in [0.2, 0.25) is 0 Å². The lowest BCUT2D eigenvalue weighted by Crippen LogP contribution is -2.46. The number of sulfone groups is 1. The highest BCUT2D eigenvalue weighted by Crippen LogP contribution is 2.26. The Morgan fingerprint density at radius 1 is 1.10 bits per heavy atom. The Balaban J connectivity index is 1.40. The number of halogens is 1. The molecule has 1 aromatic carbocycles. The maximum Gasteiger partial charge on any atom is 0.179 e. The molecule has 152 valence electrons. The summed E-state index contributed by atoms with van der Waals surface area (Å²) >= 11 is 1.55. The molecule has 3 heterocycles. The van der Waals surface area contributed by atoms with Gasteiger partial charge in [-0.2, -0.15) is 0 Å². The zero-order valence-corrected chi connectivity index (χ0v) is 17.6. The largest absolute Gasteiger partial charge is 0.353 e. The van der Waals surface area contributed by atoms with Gasteiger partial charge in [-0.25, -0.2) is 22.8 Å². The summed E-state index contributed by atoms with van der Waals surface area (Å²) in [6.45, 7) is 3.72. The number of anilines is 1. The first kappa shape index (κ1) is 19.9. The molecule has 6 nitrogen and oxygen atoms in total. The Morgan fingerprint density at radius 2 is 1.83 bits per heavy atom. The van der Waals surface area contributed by atoms with Crippen LogP contribution in [-0.4, -0.2) is 55.7 Å². The molecular weight excluding hydrogens is 411 g/mol. The van der Waals surface area contributed by atoms with Gasteiger partial charge in [-0.3, -0.25) is 4.90 Å². The van der Waals surface area contributed by atoms with Crippen LogP contribution in [0.4, 0.5) is 10.2 Å². The quantitative estimate of drug-likeness (QED) is 0.617. The van der Waals surface area contributed by atoms with Gasteiger partial charge >= 0.3 is 0 Å². The molecule has 4 rings (SSSR count). The molecule has 1 fully saturated rings. The van der Waals surface area contributed by atoms with E-state index in [9.17, 15) is 12.8 Å². The summed E-state index contributed by atoms with van der Waals surface area (Å²) in [5, 5.41) is 2.91.